The first-order valence-electron chi connectivity index (χ1n) is 15.8. The van der Waals surface area contributed by atoms with Crippen LogP contribution < -0.4 is 16.0 Å². The van der Waals surface area contributed by atoms with Gasteiger partial charge in [-0.15, -0.1) is 0 Å². The standard InChI is InChI=1S/C36H42N4O5/c1-23-19-31(34(44)40(23)28(22-41)20-26-14-10-18-37-32(26)42)38-33(43)30(21-25-13-9-12-24-11-7-8-17-29(24)25)39-35(45)36(2,3)27-15-5-4-6-16-27/h4-9,11-13,15-17,22-23,26,28,30-31H,10,14,18-21H2,1-3H3,(H,37,42)(H,38,43)(H,39,45)/t23?,26-,28-,30-,31-/m0/s1. The number of nitrogens with one attached hydrogen (secondary N) is 3. The molecule has 2 heterocycles. The molecule has 5 atom stereocenters. The van der Waals surface area contributed by atoms with E-state index in [1.807, 2.05) is 93.6 Å². The van der Waals surface area contributed by atoms with Gasteiger partial charge in [0.2, 0.25) is 23.6 Å². The number of fused-ring (bicyclic) bond motifs is 1. The molecule has 3 aromatic carbocycles. The van der Waals surface area contributed by atoms with E-state index in [1.54, 1.807) is 0 Å². The molecule has 45 heavy (non-hydrogen) atoms. The number of nitrogens with zero attached hydrogens (tertiary/aromatic N) is 1. The Bertz CT molecular complexity index is 1570. The lowest BCUT2D eigenvalue weighted by atomic mass is 9.83. The molecule has 1 unspecified atom stereocenters. The summed E-state index contributed by atoms with van der Waals surface area (Å²) < 4.78 is 0. The lowest BCUT2D eigenvalue weighted by Crippen LogP contribution is -2.55. The van der Waals surface area contributed by atoms with Crippen molar-refractivity contribution in [3.05, 3.63) is 83.9 Å². The van der Waals surface area contributed by atoms with Gasteiger partial charge in [-0.2, -0.15) is 0 Å². The fourth-order valence-corrected chi connectivity index (χ4v) is 6.65. The number of hydrogen-bond donors (Lipinski definition) is 3. The van der Waals surface area contributed by atoms with Crippen molar-refractivity contribution in [1.82, 2.24) is 20.9 Å². The molecule has 2 aliphatic heterocycles. The third kappa shape index (κ3) is 6.92. The summed E-state index contributed by atoms with van der Waals surface area (Å²) in [5.41, 5.74) is 0.787. The number of rotatable bonds is 11. The minimum atomic E-state index is -0.962. The minimum Gasteiger partial charge on any atom is -0.356 e. The van der Waals surface area contributed by atoms with Crippen LogP contribution in [0, 0.1) is 5.92 Å². The minimum absolute atomic E-state index is 0.0947. The molecule has 2 saturated heterocycles. The largest absolute Gasteiger partial charge is 0.356 e. The third-order valence-corrected chi connectivity index (χ3v) is 9.35. The van der Waals surface area contributed by atoms with Crippen molar-refractivity contribution >= 4 is 40.7 Å². The summed E-state index contributed by atoms with van der Waals surface area (Å²) in [4.78, 5) is 67.4. The van der Waals surface area contributed by atoms with Crippen molar-refractivity contribution in [1.29, 1.82) is 0 Å². The van der Waals surface area contributed by atoms with E-state index in [0.29, 0.717) is 19.4 Å². The zero-order chi connectivity index (χ0) is 32.1. The van der Waals surface area contributed by atoms with Gasteiger partial charge in [-0.25, -0.2) is 0 Å². The molecule has 9 nitrogen and oxygen atoms in total. The molecule has 0 spiro atoms. The van der Waals surface area contributed by atoms with Crippen molar-refractivity contribution in [3.8, 4) is 0 Å². The average molecular weight is 611 g/mol. The topological polar surface area (TPSA) is 125 Å². The van der Waals surface area contributed by atoms with Crippen LogP contribution in [0.4, 0.5) is 0 Å². The summed E-state index contributed by atoms with van der Waals surface area (Å²) in [6, 6.07) is 20.2. The van der Waals surface area contributed by atoms with Crippen LogP contribution in [0.3, 0.4) is 0 Å². The van der Waals surface area contributed by atoms with Crippen LogP contribution in [-0.2, 0) is 35.8 Å². The maximum atomic E-state index is 14.0. The fraction of sp³-hybridized carbons (Fsp3) is 0.417. The Kier molecular flexibility index (Phi) is 9.65. The number of hydrogen-bond acceptors (Lipinski definition) is 5. The van der Waals surface area contributed by atoms with Crippen LogP contribution in [0.1, 0.15) is 57.6 Å². The van der Waals surface area contributed by atoms with Gasteiger partial charge < -0.3 is 25.6 Å². The molecule has 0 aliphatic carbocycles. The van der Waals surface area contributed by atoms with Gasteiger partial charge in [0, 0.05) is 24.9 Å². The van der Waals surface area contributed by atoms with Gasteiger partial charge in [0.1, 0.15) is 18.4 Å². The number of piperidine rings is 1. The van der Waals surface area contributed by atoms with Crippen molar-refractivity contribution in [2.75, 3.05) is 6.54 Å². The van der Waals surface area contributed by atoms with Crippen LogP contribution in [0.2, 0.25) is 0 Å². The predicted molar refractivity (Wildman–Crippen MR) is 172 cm³/mol. The molecule has 0 saturated carbocycles. The highest BCUT2D eigenvalue weighted by molar-refractivity contribution is 5.96. The third-order valence-electron chi connectivity index (χ3n) is 9.35. The Morgan fingerprint density at radius 3 is 2.47 bits per heavy atom. The summed E-state index contributed by atoms with van der Waals surface area (Å²) in [6.45, 7) is 6.10. The van der Waals surface area contributed by atoms with E-state index in [4.69, 9.17) is 0 Å². The molecule has 3 aromatic rings. The maximum Gasteiger partial charge on any atom is 0.246 e. The molecule has 0 radical (unpaired) electrons. The first-order valence-corrected chi connectivity index (χ1v) is 15.8. The van der Waals surface area contributed by atoms with Crippen LogP contribution in [0.5, 0.6) is 0 Å². The number of carbonyl (C=O) groups is 5. The summed E-state index contributed by atoms with van der Waals surface area (Å²) >= 11 is 0. The predicted octanol–water partition coefficient (Wildman–Crippen LogP) is 3.43. The summed E-state index contributed by atoms with van der Waals surface area (Å²) in [5, 5.41) is 10.7. The molecular weight excluding hydrogens is 568 g/mol. The Labute approximate surface area is 264 Å². The number of likely N-dealkylation sites (tertiary alicyclic amines) is 1. The van der Waals surface area contributed by atoms with E-state index in [-0.39, 0.29) is 42.5 Å². The first-order chi connectivity index (χ1) is 21.6. The SMILES string of the molecule is CC1C[C@H](NC(=O)[C@H](Cc2cccc3ccccc23)NC(=O)C(C)(C)c2ccccc2)C(=O)N1[C@H](C=O)C[C@@H]1CCCNC1=O. The normalized spacial score (nSPS) is 21.6. The number of benzene rings is 3. The summed E-state index contributed by atoms with van der Waals surface area (Å²) in [7, 11) is 0. The molecule has 2 fully saturated rings. The molecule has 0 aromatic heterocycles. The highest BCUT2D eigenvalue weighted by atomic mass is 16.2. The van der Waals surface area contributed by atoms with Gasteiger partial charge in [-0.1, -0.05) is 72.8 Å². The van der Waals surface area contributed by atoms with Crippen LogP contribution in [0.15, 0.2) is 72.8 Å². The lowest BCUT2D eigenvalue weighted by molar-refractivity contribution is -0.139. The van der Waals surface area contributed by atoms with Crippen LogP contribution in [-0.4, -0.2) is 65.5 Å². The highest BCUT2D eigenvalue weighted by Gasteiger charge is 2.44. The smallest absolute Gasteiger partial charge is 0.246 e. The summed E-state index contributed by atoms with van der Waals surface area (Å²) in [5.74, 6) is -1.57. The van der Waals surface area contributed by atoms with Gasteiger partial charge in [0.15, 0.2) is 0 Å². The molecule has 5 rings (SSSR count). The lowest BCUT2D eigenvalue weighted by Gasteiger charge is -2.31. The number of carbonyl (C=O) groups excluding carboxylic acids is 5. The van der Waals surface area contributed by atoms with Crippen molar-refractivity contribution < 1.29 is 24.0 Å². The Hall–Kier alpha value is -4.53. The Morgan fingerprint density at radius 2 is 1.73 bits per heavy atom. The van der Waals surface area contributed by atoms with E-state index in [2.05, 4.69) is 16.0 Å². The second kappa shape index (κ2) is 13.6. The summed E-state index contributed by atoms with van der Waals surface area (Å²) in [6.07, 6.45) is 3.01. The zero-order valence-electron chi connectivity index (χ0n) is 26.1. The Morgan fingerprint density at radius 1 is 1.02 bits per heavy atom. The van der Waals surface area contributed by atoms with Gasteiger partial charge in [0.25, 0.3) is 0 Å². The zero-order valence-corrected chi connectivity index (χ0v) is 26.1. The average Bonchev–Trinajstić information content (AvgIpc) is 3.32. The first kappa shape index (κ1) is 31.9. The molecular formula is C36H42N4O5. The van der Waals surface area contributed by atoms with Crippen LogP contribution >= 0.6 is 0 Å². The molecule has 2 aliphatic rings. The molecule has 9 heteroatoms. The van der Waals surface area contributed by atoms with Gasteiger partial charge in [-0.3, -0.25) is 19.2 Å². The highest BCUT2D eigenvalue weighted by Crippen LogP contribution is 2.28. The van der Waals surface area contributed by atoms with Crippen LogP contribution in [0.25, 0.3) is 10.8 Å². The Balaban J connectivity index is 1.36. The second-order valence-corrected chi connectivity index (χ2v) is 12.8. The van der Waals surface area contributed by atoms with E-state index >= 15 is 0 Å². The van der Waals surface area contributed by atoms with E-state index < -0.39 is 29.4 Å². The number of amides is 4. The fourth-order valence-electron chi connectivity index (χ4n) is 6.65. The van der Waals surface area contributed by atoms with Gasteiger partial charge in [0.05, 0.1) is 11.5 Å². The van der Waals surface area contributed by atoms with Crippen molar-refractivity contribution in [2.24, 2.45) is 5.92 Å². The van der Waals surface area contributed by atoms with Gasteiger partial charge in [-0.05, 0) is 68.4 Å². The quantitative estimate of drug-likeness (QED) is 0.287. The molecule has 3 N–H and O–H groups in total. The molecule has 0 bridgehead atoms. The van der Waals surface area contributed by atoms with E-state index in [1.165, 1.54) is 4.90 Å². The molecule has 4 amide bonds. The second-order valence-electron chi connectivity index (χ2n) is 12.8. The monoisotopic (exact) mass is 610 g/mol. The van der Waals surface area contributed by atoms with Crippen molar-refractivity contribution in [2.45, 2.75) is 82.5 Å². The maximum absolute atomic E-state index is 14.0. The number of aldehydes is 1. The van der Waals surface area contributed by atoms with Crippen molar-refractivity contribution in [3.63, 3.8) is 0 Å². The molecule has 236 valence electrons. The van der Waals surface area contributed by atoms with Gasteiger partial charge >= 0.3 is 0 Å². The van der Waals surface area contributed by atoms with E-state index in [9.17, 15) is 24.0 Å². The van der Waals surface area contributed by atoms with E-state index in [0.717, 1.165) is 34.6 Å².